The summed E-state index contributed by atoms with van der Waals surface area (Å²) in [5, 5.41) is 2.91. The van der Waals surface area contributed by atoms with Crippen LogP contribution in [0.25, 0.3) is 0 Å². The Morgan fingerprint density at radius 2 is 1.95 bits per heavy atom. The van der Waals surface area contributed by atoms with E-state index in [0.29, 0.717) is 19.6 Å². The third-order valence-corrected chi connectivity index (χ3v) is 3.66. The summed E-state index contributed by atoms with van der Waals surface area (Å²) in [5.74, 6) is 0.305. The highest BCUT2D eigenvalue weighted by Crippen LogP contribution is 2.33. The van der Waals surface area contributed by atoms with Crippen molar-refractivity contribution in [3.05, 3.63) is 65.5 Å². The van der Waals surface area contributed by atoms with Crippen LogP contribution < -0.4 is 10.1 Å². The maximum atomic E-state index is 12.8. The summed E-state index contributed by atoms with van der Waals surface area (Å²) in [4.78, 5) is 12.4. The predicted octanol–water partition coefficient (Wildman–Crippen LogP) is 3.01. The molecule has 1 atom stereocenters. The van der Waals surface area contributed by atoms with Crippen molar-refractivity contribution in [2.45, 2.75) is 18.9 Å². The summed E-state index contributed by atoms with van der Waals surface area (Å²) in [6.07, 6.45) is 0.673. The molecule has 4 heteroatoms. The molecule has 1 N–H and O–H groups in total. The lowest BCUT2D eigenvalue weighted by Crippen LogP contribution is -2.32. The van der Waals surface area contributed by atoms with Crippen molar-refractivity contribution in [1.29, 1.82) is 0 Å². The van der Waals surface area contributed by atoms with E-state index in [-0.39, 0.29) is 17.6 Å². The molecule has 0 bridgehead atoms. The summed E-state index contributed by atoms with van der Waals surface area (Å²) in [5.41, 5.74) is 1.81. The number of amides is 1. The molecule has 1 amide bonds. The van der Waals surface area contributed by atoms with E-state index >= 15 is 0 Å². The van der Waals surface area contributed by atoms with E-state index in [1.807, 2.05) is 24.3 Å². The normalized spacial score (nSPS) is 16.7. The van der Waals surface area contributed by atoms with Gasteiger partial charge in [0.25, 0.3) is 0 Å². The highest BCUT2D eigenvalue weighted by molar-refractivity contribution is 5.84. The number of carbonyl (C=O) groups is 1. The van der Waals surface area contributed by atoms with Gasteiger partial charge in [0, 0.05) is 12.1 Å². The molecule has 1 aliphatic rings. The van der Waals surface area contributed by atoms with Gasteiger partial charge in [-0.15, -0.1) is 0 Å². The number of hydrogen-bond acceptors (Lipinski definition) is 2. The lowest BCUT2D eigenvalue weighted by atomic mass is 9.92. The average molecular weight is 285 g/mol. The largest absolute Gasteiger partial charge is 0.493 e. The number of ether oxygens (including phenoxy) is 1. The van der Waals surface area contributed by atoms with Crippen LogP contribution in [-0.4, -0.2) is 12.5 Å². The van der Waals surface area contributed by atoms with Crippen molar-refractivity contribution >= 4 is 5.91 Å². The number of rotatable bonds is 3. The first kappa shape index (κ1) is 13.6. The molecule has 0 aliphatic carbocycles. The Morgan fingerprint density at radius 3 is 2.76 bits per heavy atom. The molecule has 2 aromatic carbocycles. The summed E-state index contributed by atoms with van der Waals surface area (Å²) < 4.78 is 18.4. The zero-order chi connectivity index (χ0) is 14.7. The first-order chi connectivity index (χ1) is 10.2. The Hall–Kier alpha value is -2.36. The number of fused-ring (bicyclic) bond motifs is 1. The fraction of sp³-hybridized carbons (Fsp3) is 0.235. The molecule has 21 heavy (non-hydrogen) atoms. The maximum absolute atomic E-state index is 12.8. The molecule has 0 radical (unpaired) electrons. The highest BCUT2D eigenvalue weighted by Gasteiger charge is 2.26. The number of carbonyl (C=O) groups excluding carboxylic acids is 1. The smallest absolute Gasteiger partial charge is 0.228 e. The Labute approximate surface area is 122 Å². The molecule has 0 spiro atoms. The van der Waals surface area contributed by atoms with Gasteiger partial charge in [0.1, 0.15) is 11.6 Å². The number of nitrogens with one attached hydrogen (secondary N) is 1. The Morgan fingerprint density at radius 1 is 1.19 bits per heavy atom. The van der Waals surface area contributed by atoms with Gasteiger partial charge >= 0.3 is 0 Å². The molecule has 1 unspecified atom stereocenters. The molecule has 3 rings (SSSR count). The third kappa shape index (κ3) is 3.05. The van der Waals surface area contributed by atoms with Crippen molar-refractivity contribution in [3.63, 3.8) is 0 Å². The average Bonchev–Trinajstić information content (AvgIpc) is 2.53. The Balaban J connectivity index is 1.68. The van der Waals surface area contributed by atoms with Crippen LogP contribution in [0, 0.1) is 5.82 Å². The van der Waals surface area contributed by atoms with Gasteiger partial charge < -0.3 is 10.1 Å². The lowest BCUT2D eigenvalue weighted by Gasteiger charge is -2.25. The monoisotopic (exact) mass is 285 g/mol. The van der Waals surface area contributed by atoms with Crippen LogP contribution >= 0.6 is 0 Å². The van der Waals surface area contributed by atoms with Gasteiger partial charge in [-0.1, -0.05) is 30.3 Å². The van der Waals surface area contributed by atoms with E-state index in [0.717, 1.165) is 16.9 Å². The standard InChI is InChI=1S/C17H16FNO2/c18-13-7-5-12(6-8-13)11-19-17(20)15-9-10-21-16-4-2-1-3-14(15)16/h1-8,15H,9-11H2,(H,19,20). The van der Waals surface area contributed by atoms with Gasteiger partial charge in [0.2, 0.25) is 5.91 Å². The summed E-state index contributed by atoms with van der Waals surface area (Å²) >= 11 is 0. The Kier molecular flexibility index (Phi) is 3.86. The van der Waals surface area contributed by atoms with E-state index < -0.39 is 0 Å². The fourth-order valence-corrected chi connectivity index (χ4v) is 2.53. The number of halogens is 1. The molecule has 1 aliphatic heterocycles. The second-order valence-corrected chi connectivity index (χ2v) is 5.07. The molecule has 1 heterocycles. The molecule has 2 aromatic rings. The molecular weight excluding hydrogens is 269 g/mol. The minimum atomic E-state index is -0.275. The quantitative estimate of drug-likeness (QED) is 0.941. The minimum Gasteiger partial charge on any atom is -0.493 e. The van der Waals surface area contributed by atoms with Crippen LogP contribution in [0.15, 0.2) is 48.5 Å². The van der Waals surface area contributed by atoms with E-state index in [2.05, 4.69) is 5.32 Å². The van der Waals surface area contributed by atoms with E-state index in [4.69, 9.17) is 4.74 Å². The van der Waals surface area contributed by atoms with Crippen molar-refractivity contribution in [3.8, 4) is 5.75 Å². The molecule has 0 saturated carbocycles. The molecule has 3 nitrogen and oxygen atoms in total. The van der Waals surface area contributed by atoms with Crippen molar-refractivity contribution < 1.29 is 13.9 Å². The second-order valence-electron chi connectivity index (χ2n) is 5.07. The summed E-state index contributed by atoms with van der Waals surface area (Å²) in [7, 11) is 0. The fourth-order valence-electron chi connectivity index (χ4n) is 2.53. The van der Waals surface area contributed by atoms with E-state index in [9.17, 15) is 9.18 Å². The van der Waals surface area contributed by atoms with Crippen molar-refractivity contribution in [2.75, 3.05) is 6.61 Å². The molecule has 0 fully saturated rings. The minimum absolute atomic E-state index is 0.0184. The molecular formula is C17H16FNO2. The predicted molar refractivity (Wildman–Crippen MR) is 77.5 cm³/mol. The van der Waals surface area contributed by atoms with Crippen LogP contribution in [0.1, 0.15) is 23.5 Å². The first-order valence-electron chi connectivity index (χ1n) is 6.98. The molecule has 0 saturated heterocycles. The first-order valence-corrected chi connectivity index (χ1v) is 6.98. The van der Waals surface area contributed by atoms with Gasteiger partial charge in [-0.05, 0) is 30.2 Å². The zero-order valence-corrected chi connectivity index (χ0v) is 11.5. The summed E-state index contributed by atoms with van der Waals surface area (Å²) in [6.45, 7) is 0.949. The van der Waals surface area contributed by atoms with Crippen LogP contribution in [0.3, 0.4) is 0 Å². The van der Waals surface area contributed by atoms with Gasteiger partial charge in [-0.25, -0.2) is 4.39 Å². The van der Waals surface area contributed by atoms with E-state index in [1.165, 1.54) is 12.1 Å². The zero-order valence-electron chi connectivity index (χ0n) is 11.5. The second kappa shape index (κ2) is 5.95. The van der Waals surface area contributed by atoms with Crippen LogP contribution in [0.5, 0.6) is 5.75 Å². The topological polar surface area (TPSA) is 38.3 Å². The van der Waals surface area contributed by atoms with E-state index in [1.54, 1.807) is 12.1 Å². The van der Waals surface area contributed by atoms with Crippen molar-refractivity contribution in [2.24, 2.45) is 0 Å². The van der Waals surface area contributed by atoms with Crippen molar-refractivity contribution in [1.82, 2.24) is 5.32 Å². The van der Waals surface area contributed by atoms with Crippen LogP contribution in [0.4, 0.5) is 4.39 Å². The van der Waals surface area contributed by atoms with Gasteiger partial charge in [0.05, 0.1) is 12.5 Å². The molecule has 0 aromatic heterocycles. The van der Waals surface area contributed by atoms with Crippen LogP contribution in [0.2, 0.25) is 0 Å². The number of hydrogen-bond donors (Lipinski definition) is 1. The maximum Gasteiger partial charge on any atom is 0.228 e. The lowest BCUT2D eigenvalue weighted by molar-refractivity contribution is -0.123. The Bertz CT molecular complexity index is 639. The SMILES string of the molecule is O=C(NCc1ccc(F)cc1)C1CCOc2ccccc21. The number of para-hydroxylation sites is 1. The highest BCUT2D eigenvalue weighted by atomic mass is 19.1. The summed E-state index contributed by atoms with van der Waals surface area (Å²) in [6, 6.07) is 13.8. The number of benzene rings is 2. The van der Waals surface area contributed by atoms with Gasteiger partial charge in [-0.3, -0.25) is 4.79 Å². The van der Waals surface area contributed by atoms with Gasteiger partial charge in [-0.2, -0.15) is 0 Å². The molecule has 108 valence electrons. The third-order valence-electron chi connectivity index (χ3n) is 3.66. The van der Waals surface area contributed by atoms with Crippen LogP contribution in [-0.2, 0) is 11.3 Å². The van der Waals surface area contributed by atoms with Gasteiger partial charge in [0.15, 0.2) is 0 Å².